The van der Waals surface area contributed by atoms with Gasteiger partial charge in [-0.05, 0) is 56.9 Å². The number of carbonyl (C=O) groups excluding carboxylic acids is 2. The van der Waals surface area contributed by atoms with Crippen molar-refractivity contribution in [1.82, 2.24) is 20.3 Å². The highest BCUT2D eigenvalue weighted by Crippen LogP contribution is 2.33. The fourth-order valence-electron chi connectivity index (χ4n) is 5.44. The molecule has 0 unspecified atom stereocenters. The van der Waals surface area contributed by atoms with Crippen molar-refractivity contribution in [2.75, 3.05) is 29.9 Å². The van der Waals surface area contributed by atoms with Crippen LogP contribution in [0.15, 0.2) is 42.7 Å². The number of pyridine rings is 1. The number of rotatable bonds is 7. The lowest BCUT2D eigenvalue weighted by Gasteiger charge is -2.34. The summed E-state index contributed by atoms with van der Waals surface area (Å²) in [6.45, 7) is 3.39. The molecule has 10 heteroatoms. The number of nitrogens with zero attached hydrogens (tertiary/aromatic N) is 3. The van der Waals surface area contributed by atoms with Crippen molar-refractivity contribution in [3.8, 4) is 11.3 Å². The minimum Gasteiger partial charge on any atom is -0.367 e. The zero-order valence-electron chi connectivity index (χ0n) is 21.6. The van der Waals surface area contributed by atoms with Gasteiger partial charge in [-0.1, -0.05) is 18.9 Å². The van der Waals surface area contributed by atoms with Gasteiger partial charge in [0.05, 0.1) is 17.1 Å². The van der Waals surface area contributed by atoms with Crippen LogP contribution in [-0.4, -0.2) is 51.9 Å². The fraction of sp³-hybridized carbons (Fsp3) is 0.429. The third-order valence-electron chi connectivity index (χ3n) is 7.62. The number of hydrogen-bond donors (Lipinski definition) is 4. The van der Waals surface area contributed by atoms with Crippen LogP contribution in [0.4, 0.5) is 15.8 Å². The molecule has 2 aromatic heterocycles. The number of aryl methyl sites for hydroxylation is 1. The standard InChI is InChI=1S/C28H34FN7O2/c1-18-15-20(7-12-31-18)23-16-32-25(34-23)27(38)35-22-6-4-5-21(29)24(22)36-13-8-19(9-14-36)26(37)33-17-28(30)10-2-3-11-28/h4-7,12,15-16,19H,2-3,8-11,13-14,17,30H2,1H3,(H,32,34)(H,33,37)(H,35,38). The molecule has 0 spiro atoms. The number of anilines is 2. The van der Waals surface area contributed by atoms with Crippen molar-refractivity contribution in [3.05, 3.63) is 60.1 Å². The van der Waals surface area contributed by atoms with Gasteiger partial charge < -0.3 is 26.3 Å². The van der Waals surface area contributed by atoms with E-state index < -0.39 is 11.7 Å². The van der Waals surface area contributed by atoms with E-state index in [4.69, 9.17) is 5.73 Å². The van der Waals surface area contributed by atoms with Crippen LogP contribution >= 0.6 is 0 Å². The highest BCUT2D eigenvalue weighted by atomic mass is 19.1. The molecule has 2 fully saturated rings. The van der Waals surface area contributed by atoms with E-state index in [2.05, 4.69) is 25.6 Å². The highest BCUT2D eigenvalue weighted by Gasteiger charge is 2.32. The summed E-state index contributed by atoms with van der Waals surface area (Å²) in [5, 5.41) is 5.86. The van der Waals surface area contributed by atoms with Crippen LogP contribution < -0.4 is 21.3 Å². The first-order chi connectivity index (χ1) is 18.3. The molecule has 0 atom stereocenters. The summed E-state index contributed by atoms with van der Waals surface area (Å²) in [7, 11) is 0. The van der Waals surface area contributed by atoms with Gasteiger partial charge in [-0.25, -0.2) is 9.37 Å². The second kappa shape index (κ2) is 10.9. The third-order valence-corrected chi connectivity index (χ3v) is 7.62. The number of nitrogens with two attached hydrogens (primary N) is 1. The maximum absolute atomic E-state index is 15.0. The van der Waals surface area contributed by atoms with Gasteiger partial charge in [-0.3, -0.25) is 14.6 Å². The molecule has 2 aliphatic rings. The lowest BCUT2D eigenvalue weighted by atomic mass is 9.94. The van der Waals surface area contributed by atoms with Gasteiger partial charge in [-0.15, -0.1) is 0 Å². The van der Waals surface area contributed by atoms with E-state index in [1.165, 1.54) is 6.07 Å². The Kier molecular flexibility index (Phi) is 7.42. The molecule has 38 heavy (non-hydrogen) atoms. The number of imidazole rings is 1. The highest BCUT2D eigenvalue weighted by molar-refractivity contribution is 6.04. The Balaban J connectivity index is 1.22. The van der Waals surface area contributed by atoms with Crippen molar-refractivity contribution >= 4 is 23.2 Å². The van der Waals surface area contributed by atoms with Crippen LogP contribution in [0.1, 0.15) is 54.8 Å². The number of benzene rings is 1. The van der Waals surface area contributed by atoms with E-state index in [0.29, 0.717) is 49.5 Å². The van der Waals surface area contributed by atoms with Crippen molar-refractivity contribution in [2.45, 2.75) is 51.0 Å². The Bertz CT molecular complexity index is 1310. The number of carbonyl (C=O) groups is 2. The largest absolute Gasteiger partial charge is 0.367 e. The summed E-state index contributed by atoms with van der Waals surface area (Å²) in [5.41, 5.74) is 9.08. The molecule has 0 bridgehead atoms. The molecule has 1 aromatic carbocycles. The Labute approximate surface area is 221 Å². The topological polar surface area (TPSA) is 129 Å². The zero-order chi connectivity index (χ0) is 26.7. The second-order valence-corrected chi connectivity index (χ2v) is 10.5. The lowest BCUT2D eigenvalue weighted by Crippen LogP contribution is -2.50. The van der Waals surface area contributed by atoms with Crippen LogP contribution in [0.5, 0.6) is 0 Å². The number of hydrogen-bond acceptors (Lipinski definition) is 6. The van der Waals surface area contributed by atoms with Gasteiger partial charge in [-0.2, -0.15) is 0 Å². The van der Waals surface area contributed by atoms with Crippen LogP contribution in [0.2, 0.25) is 0 Å². The maximum Gasteiger partial charge on any atom is 0.291 e. The monoisotopic (exact) mass is 519 g/mol. The number of aromatic nitrogens is 3. The Morgan fingerprint density at radius 3 is 2.71 bits per heavy atom. The molecular weight excluding hydrogens is 485 g/mol. The minimum atomic E-state index is -0.467. The number of halogens is 1. The summed E-state index contributed by atoms with van der Waals surface area (Å²) in [5.74, 6) is -0.893. The summed E-state index contributed by atoms with van der Waals surface area (Å²) in [6.07, 6.45) is 8.64. The van der Waals surface area contributed by atoms with Crippen LogP contribution in [0.3, 0.4) is 0 Å². The summed E-state index contributed by atoms with van der Waals surface area (Å²) >= 11 is 0. The van der Waals surface area contributed by atoms with Crippen molar-refractivity contribution in [3.63, 3.8) is 0 Å². The van der Waals surface area contributed by atoms with Gasteiger partial charge in [0, 0.05) is 54.7 Å². The quantitative estimate of drug-likeness (QED) is 0.376. The first-order valence-electron chi connectivity index (χ1n) is 13.2. The maximum atomic E-state index is 15.0. The molecule has 3 heterocycles. The Morgan fingerprint density at radius 1 is 1.21 bits per heavy atom. The van der Waals surface area contributed by atoms with E-state index in [-0.39, 0.29) is 23.2 Å². The average Bonchev–Trinajstić information content (AvgIpc) is 3.58. The second-order valence-electron chi connectivity index (χ2n) is 10.5. The molecule has 1 aliphatic heterocycles. The average molecular weight is 520 g/mol. The Morgan fingerprint density at radius 2 is 1.97 bits per heavy atom. The number of H-pyrrole nitrogens is 1. The first kappa shape index (κ1) is 25.8. The molecule has 200 valence electrons. The Hall–Kier alpha value is -3.79. The van der Waals surface area contributed by atoms with Gasteiger partial charge >= 0.3 is 0 Å². The van der Waals surface area contributed by atoms with Crippen LogP contribution in [0, 0.1) is 18.7 Å². The molecule has 2 amide bonds. The van der Waals surface area contributed by atoms with E-state index in [9.17, 15) is 9.59 Å². The molecule has 1 saturated carbocycles. The van der Waals surface area contributed by atoms with E-state index in [1.807, 2.05) is 24.0 Å². The van der Waals surface area contributed by atoms with Gasteiger partial charge in [0.2, 0.25) is 5.91 Å². The summed E-state index contributed by atoms with van der Waals surface area (Å²) in [6, 6.07) is 8.32. The van der Waals surface area contributed by atoms with Gasteiger partial charge in [0.25, 0.3) is 5.91 Å². The van der Waals surface area contributed by atoms with Gasteiger partial charge in [0.1, 0.15) is 5.82 Å². The number of para-hydroxylation sites is 1. The SMILES string of the molecule is Cc1cc(-c2c[nH]c(C(=O)Nc3cccc(F)c3N3CCC(C(=O)NCC4(N)CCCC4)CC3)n2)ccn1. The summed E-state index contributed by atoms with van der Waals surface area (Å²) in [4.78, 5) is 39.2. The molecule has 3 aromatic rings. The normalized spacial score (nSPS) is 17.4. The van der Waals surface area contributed by atoms with Crippen LogP contribution in [-0.2, 0) is 4.79 Å². The number of aromatic amines is 1. The first-order valence-corrected chi connectivity index (χ1v) is 13.2. The van der Waals surface area contributed by atoms with Crippen molar-refractivity contribution in [1.29, 1.82) is 0 Å². The molecule has 9 nitrogen and oxygen atoms in total. The van der Waals surface area contributed by atoms with E-state index in [1.54, 1.807) is 24.5 Å². The van der Waals surface area contributed by atoms with Crippen molar-refractivity contribution in [2.24, 2.45) is 11.7 Å². The predicted octanol–water partition coefficient (Wildman–Crippen LogP) is 3.78. The molecule has 1 saturated heterocycles. The fourth-order valence-corrected chi connectivity index (χ4v) is 5.44. The number of amides is 2. The molecule has 0 radical (unpaired) electrons. The lowest BCUT2D eigenvalue weighted by molar-refractivity contribution is -0.125. The van der Waals surface area contributed by atoms with E-state index >= 15 is 4.39 Å². The molecular formula is C28H34FN7O2. The molecule has 5 rings (SSSR count). The van der Waals surface area contributed by atoms with Crippen molar-refractivity contribution < 1.29 is 14.0 Å². The molecule has 1 aliphatic carbocycles. The van der Waals surface area contributed by atoms with Gasteiger partial charge in [0.15, 0.2) is 5.82 Å². The zero-order valence-corrected chi connectivity index (χ0v) is 21.6. The predicted molar refractivity (Wildman–Crippen MR) is 144 cm³/mol. The number of nitrogens with one attached hydrogen (secondary N) is 3. The minimum absolute atomic E-state index is 0.0152. The summed E-state index contributed by atoms with van der Waals surface area (Å²) < 4.78 is 15.0. The number of piperidine rings is 1. The third kappa shape index (κ3) is 5.70. The van der Waals surface area contributed by atoms with Crippen LogP contribution in [0.25, 0.3) is 11.3 Å². The van der Waals surface area contributed by atoms with E-state index in [0.717, 1.165) is 36.9 Å². The smallest absolute Gasteiger partial charge is 0.291 e. The molecule has 5 N–H and O–H groups in total.